The Balaban J connectivity index is 3.27. The summed E-state index contributed by atoms with van der Waals surface area (Å²) in [7, 11) is 2.11. The Labute approximate surface area is 119 Å². The lowest BCUT2D eigenvalue weighted by molar-refractivity contribution is 0.585. The van der Waals surface area contributed by atoms with Crippen molar-refractivity contribution in [3.8, 4) is 0 Å². The van der Waals surface area contributed by atoms with Crippen LogP contribution in [0.15, 0.2) is 24.4 Å². The summed E-state index contributed by atoms with van der Waals surface area (Å²) in [4.78, 5) is 2.22. The maximum Gasteiger partial charge on any atom is 0.0438 e. The van der Waals surface area contributed by atoms with Crippen molar-refractivity contribution in [2.24, 2.45) is 5.92 Å². The molecule has 1 aromatic carbocycles. The molecular formula is C18H29N. The van der Waals surface area contributed by atoms with Crippen LogP contribution in [0.4, 0.5) is 5.69 Å². The normalized spacial score (nSPS) is 11.8. The molecule has 0 aromatic heterocycles. The van der Waals surface area contributed by atoms with Gasteiger partial charge in [-0.3, -0.25) is 0 Å². The molecule has 1 heteroatoms. The third-order valence-electron chi connectivity index (χ3n) is 3.81. The van der Waals surface area contributed by atoms with Gasteiger partial charge in [-0.1, -0.05) is 47.3 Å². The van der Waals surface area contributed by atoms with E-state index in [-0.39, 0.29) is 5.41 Å². The van der Waals surface area contributed by atoms with Gasteiger partial charge in [-0.2, -0.15) is 0 Å². The Kier molecular flexibility index (Phi) is 4.50. The lowest BCUT2D eigenvalue weighted by Gasteiger charge is -2.29. The number of benzene rings is 1. The van der Waals surface area contributed by atoms with Crippen molar-refractivity contribution in [1.29, 1.82) is 0 Å². The van der Waals surface area contributed by atoms with E-state index in [1.54, 1.807) is 0 Å². The number of allylic oxidation sites excluding steroid dienone is 1. The predicted octanol–water partition coefficient (Wildman–Crippen LogP) is 5.21. The molecule has 0 amide bonds. The highest BCUT2D eigenvalue weighted by molar-refractivity contribution is 5.60. The fourth-order valence-corrected chi connectivity index (χ4v) is 2.51. The first kappa shape index (κ1) is 15.8. The molecule has 1 nitrogen and oxygen atoms in total. The standard InChI is InChI=1S/C18H29N/c1-12(2)15(5)19(9)17-11-13(3)16(10-14(17)4)18(6,7)8/h10-12H,5H2,1-4,6-9H3. The molecule has 0 aliphatic heterocycles. The van der Waals surface area contributed by atoms with Gasteiger partial charge in [-0.05, 0) is 47.9 Å². The highest BCUT2D eigenvalue weighted by Crippen LogP contribution is 2.33. The zero-order valence-corrected chi connectivity index (χ0v) is 13.9. The van der Waals surface area contributed by atoms with Crippen LogP contribution in [0.25, 0.3) is 0 Å². The number of hydrogen-bond acceptors (Lipinski definition) is 1. The predicted molar refractivity (Wildman–Crippen MR) is 87.0 cm³/mol. The Bertz CT molecular complexity index is 475. The summed E-state index contributed by atoms with van der Waals surface area (Å²) < 4.78 is 0. The molecule has 1 aromatic rings. The van der Waals surface area contributed by atoms with Gasteiger partial charge in [0.05, 0.1) is 0 Å². The molecule has 0 radical (unpaired) electrons. The molecular weight excluding hydrogens is 230 g/mol. The van der Waals surface area contributed by atoms with Crippen molar-refractivity contribution in [1.82, 2.24) is 0 Å². The number of anilines is 1. The molecule has 0 bridgehead atoms. The molecule has 0 saturated heterocycles. The first-order valence-corrected chi connectivity index (χ1v) is 7.10. The van der Waals surface area contributed by atoms with Gasteiger partial charge < -0.3 is 4.90 Å². The van der Waals surface area contributed by atoms with Crippen molar-refractivity contribution in [3.05, 3.63) is 41.1 Å². The van der Waals surface area contributed by atoms with Gasteiger partial charge in [0.2, 0.25) is 0 Å². The van der Waals surface area contributed by atoms with Gasteiger partial charge in [0.15, 0.2) is 0 Å². The van der Waals surface area contributed by atoms with E-state index < -0.39 is 0 Å². The van der Waals surface area contributed by atoms with E-state index in [9.17, 15) is 0 Å². The Morgan fingerprint density at radius 3 is 2.05 bits per heavy atom. The van der Waals surface area contributed by atoms with Crippen LogP contribution < -0.4 is 4.90 Å². The number of aryl methyl sites for hydroxylation is 2. The van der Waals surface area contributed by atoms with E-state index >= 15 is 0 Å². The van der Waals surface area contributed by atoms with Crippen molar-refractivity contribution < 1.29 is 0 Å². The van der Waals surface area contributed by atoms with Gasteiger partial charge in [0, 0.05) is 18.4 Å². The monoisotopic (exact) mass is 259 g/mol. The summed E-state index contributed by atoms with van der Waals surface area (Å²) in [5.74, 6) is 0.465. The van der Waals surface area contributed by atoms with E-state index in [0.717, 1.165) is 5.70 Å². The highest BCUT2D eigenvalue weighted by atomic mass is 15.1. The van der Waals surface area contributed by atoms with Gasteiger partial charge in [0.1, 0.15) is 0 Å². The second-order valence-electron chi connectivity index (χ2n) is 6.91. The van der Waals surface area contributed by atoms with Gasteiger partial charge >= 0.3 is 0 Å². The van der Waals surface area contributed by atoms with Gasteiger partial charge in [-0.15, -0.1) is 0 Å². The molecule has 0 saturated carbocycles. The van der Waals surface area contributed by atoms with E-state index in [1.165, 1.54) is 22.4 Å². The minimum Gasteiger partial charge on any atom is -0.348 e. The second kappa shape index (κ2) is 5.40. The first-order chi connectivity index (χ1) is 8.55. The summed E-state index contributed by atoms with van der Waals surface area (Å²) in [5, 5.41) is 0. The van der Waals surface area contributed by atoms with Crippen LogP contribution in [0.2, 0.25) is 0 Å². The zero-order valence-electron chi connectivity index (χ0n) is 13.9. The fourth-order valence-electron chi connectivity index (χ4n) is 2.51. The van der Waals surface area contributed by atoms with Crippen molar-refractivity contribution in [2.45, 2.75) is 53.9 Å². The molecule has 0 aliphatic carbocycles. The van der Waals surface area contributed by atoms with Crippen LogP contribution in [-0.4, -0.2) is 7.05 Å². The SMILES string of the molecule is C=C(C(C)C)N(C)c1cc(C)c(C(C)(C)C)cc1C. The molecule has 1 rings (SSSR count). The topological polar surface area (TPSA) is 3.24 Å². The van der Waals surface area contributed by atoms with E-state index in [4.69, 9.17) is 0 Å². The molecule has 0 N–H and O–H groups in total. The smallest absolute Gasteiger partial charge is 0.0438 e. The van der Waals surface area contributed by atoms with E-state index in [0.29, 0.717) is 5.92 Å². The van der Waals surface area contributed by atoms with Crippen LogP contribution in [0, 0.1) is 19.8 Å². The quantitative estimate of drug-likeness (QED) is 0.720. The molecule has 0 aliphatic rings. The molecule has 0 unspecified atom stereocenters. The average molecular weight is 259 g/mol. The summed E-state index contributed by atoms with van der Waals surface area (Å²) in [6.07, 6.45) is 0. The minimum atomic E-state index is 0.195. The van der Waals surface area contributed by atoms with Crippen LogP contribution in [0.5, 0.6) is 0 Å². The number of rotatable bonds is 3. The summed E-state index contributed by atoms with van der Waals surface area (Å²) >= 11 is 0. The van der Waals surface area contributed by atoms with Gasteiger partial charge in [-0.25, -0.2) is 0 Å². The van der Waals surface area contributed by atoms with E-state index in [1.807, 2.05) is 0 Å². The largest absolute Gasteiger partial charge is 0.348 e. The highest BCUT2D eigenvalue weighted by Gasteiger charge is 2.19. The molecule has 0 atom stereocenters. The van der Waals surface area contributed by atoms with Crippen molar-refractivity contribution in [2.75, 3.05) is 11.9 Å². The maximum absolute atomic E-state index is 4.20. The van der Waals surface area contributed by atoms with Crippen molar-refractivity contribution >= 4 is 5.69 Å². The van der Waals surface area contributed by atoms with Crippen LogP contribution in [0.3, 0.4) is 0 Å². The molecule has 0 spiro atoms. The Morgan fingerprint density at radius 2 is 1.63 bits per heavy atom. The second-order valence-corrected chi connectivity index (χ2v) is 6.91. The fraction of sp³-hybridized carbons (Fsp3) is 0.556. The molecule has 0 fully saturated rings. The average Bonchev–Trinajstić information content (AvgIpc) is 2.28. The molecule has 106 valence electrons. The first-order valence-electron chi connectivity index (χ1n) is 7.10. The summed E-state index contributed by atoms with van der Waals surface area (Å²) in [6.45, 7) is 19.8. The summed E-state index contributed by atoms with van der Waals surface area (Å²) in [6, 6.07) is 4.62. The molecule has 19 heavy (non-hydrogen) atoms. The van der Waals surface area contributed by atoms with Crippen LogP contribution >= 0.6 is 0 Å². The molecule has 0 heterocycles. The van der Waals surface area contributed by atoms with E-state index in [2.05, 4.69) is 79.1 Å². The number of hydrogen-bond donors (Lipinski definition) is 0. The van der Waals surface area contributed by atoms with Crippen LogP contribution in [-0.2, 0) is 5.41 Å². The minimum absolute atomic E-state index is 0.195. The number of nitrogens with zero attached hydrogens (tertiary/aromatic N) is 1. The van der Waals surface area contributed by atoms with Crippen molar-refractivity contribution in [3.63, 3.8) is 0 Å². The third-order valence-corrected chi connectivity index (χ3v) is 3.81. The Morgan fingerprint density at radius 1 is 1.11 bits per heavy atom. The Hall–Kier alpha value is -1.24. The lowest BCUT2D eigenvalue weighted by atomic mass is 9.83. The maximum atomic E-state index is 4.20. The van der Waals surface area contributed by atoms with Gasteiger partial charge in [0.25, 0.3) is 0 Å². The third kappa shape index (κ3) is 3.40. The van der Waals surface area contributed by atoms with Crippen LogP contribution in [0.1, 0.15) is 51.3 Å². The lowest BCUT2D eigenvalue weighted by Crippen LogP contribution is -2.21. The zero-order chi connectivity index (χ0) is 15.0. The summed E-state index contributed by atoms with van der Waals surface area (Å²) in [5.41, 5.74) is 6.73.